The van der Waals surface area contributed by atoms with Gasteiger partial charge >= 0.3 is 5.97 Å². The lowest BCUT2D eigenvalue weighted by Gasteiger charge is -2.37. The number of piperidine rings is 1. The van der Waals surface area contributed by atoms with Crippen molar-refractivity contribution in [2.75, 3.05) is 26.7 Å². The van der Waals surface area contributed by atoms with E-state index in [4.69, 9.17) is 11.1 Å². The van der Waals surface area contributed by atoms with E-state index in [2.05, 4.69) is 4.72 Å². The van der Waals surface area contributed by atoms with E-state index in [1.165, 1.54) is 21.9 Å². The first-order valence-electron chi connectivity index (χ1n) is 14.3. The topological polar surface area (TPSA) is 177 Å². The van der Waals surface area contributed by atoms with E-state index in [9.17, 15) is 27.9 Å². The predicted molar refractivity (Wildman–Crippen MR) is 166 cm³/mol. The third-order valence-corrected chi connectivity index (χ3v) is 9.34. The summed E-state index contributed by atoms with van der Waals surface area (Å²) < 4.78 is 29.8. The van der Waals surface area contributed by atoms with Crippen molar-refractivity contribution in [3.63, 3.8) is 0 Å². The highest BCUT2D eigenvalue weighted by atomic mass is 32.2. The molecule has 234 valence electrons. The van der Waals surface area contributed by atoms with Gasteiger partial charge in [0, 0.05) is 39.3 Å². The number of carbonyl (C=O) groups is 3. The molecule has 0 saturated carbocycles. The average molecular weight is 623 g/mol. The summed E-state index contributed by atoms with van der Waals surface area (Å²) in [4.78, 5) is 43.5. The SMILES string of the molecule is CN(C(=O)C[C@H](NS(=O)(=O)c1ccc2ccccc2c1)C(=O)N(CCC(=O)O)Cc1ccccc1)C1CCN(C(=N)N)CC1. The van der Waals surface area contributed by atoms with Gasteiger partial charge in [0.25, 0.3) is 0 Å². The number of carbonyl (C=O) groups excluding carboxylic acids is 2. The second-order valence-corrected chi connectivity index (χ2v) is 12.6. The standard InChI is InChI=1S/C31H38N6O6S/c1-35(25-13-16-36(17-14-25)31(32)33)28(38)20-27(30(41)37(18-15-29(39)40)21-22-7-3-2-4-8-22)34-44(42,43)26-12-11-23-9-5-6-10-24(23)19-26/h2-12,19,25,27,34H,13-18,20-21H2,1H3,(H3,32,33)(H,39,40)/t27-/m0/s1. The molecule has 0 radical (unpaired) electrons. The third-order valence-electron chi connectivity index (χ3n) is 7.88. The van der Waals surface area contributed by atoms with E-state index in [0.29, 0.717) is 31.3 Å². The maximum atomic E-state index is 14.0. The van der Waals surface area contributed by atoms with Crippen molar-refractivity contribution < 1.29 is 27.9 Å². The largest absolute Gasteiger partial charge is 0.481 e. The molecule has 1 aliphatic heterocycles. The van der Waals surface area contributed by atoms with Crippen LogP contribution in [0.5, 0.6) is 0 Å². The normalized spacial score (nSPS) is 14.6. The van der Waals surface area contributed by atoms with Crippen LogP contribution >= 0.6 is 0 Å². The quantitative estimate of drug-likeness (QED) is 0.175. The summed E-state index contributed by atoms with van der Waals surface area (Å²) in [7, 11) is -2.66. The van der Waals surface area contributed by atoms with Gasteiger partial charge in [-0.05, 0) is 41.3 Å². The van der Waals surface area contributed by atoms with Crippen molar-refractivity contribution in [1.29, 1.82) is 5.41 Å². The minimum atomic E-state index is -4.28. The number of nitrogens with zero attached hydrogens (tertiary/aromatic N) is 3. The first kappa shape index (κ1) is 32.4. The van der Waals surface area contributed by atoms with Crippen LogP contribution < -0.4 is 10.5 Å². The molecule has 1 aliphatic rings. The number of hydrogen-bond donors (Lipinski definition) is 4. The van der Waals surface area contributed by atoms with Crippen LogP contribution in [-0.4, -0.2) is 90.7 Å². The minimum Gasteiger partial charge on any atom is -0.481 e. The Morgan fingerprint density at radius 2 is 1.66 bits per heavy atom. The summed E-state index contributed by atoms with van der Waals surface area (Å²) in [6.07, 6.45) is 0.294. The van der Waals surface area contributed by atoms with Crippen LogP contribution in [0.15, 0.2) is 77.7 Å². The number of guanidine groups is 1. The molecule has 3 aromatic rings. The fourth-order valence-corrected chi connectivity index (χ4v) is 6.53. The number of nitrogens with two attached hydrogens (primary N) is 1. The van der Waals surface area contributed by atoms with E-state index in [-0.39, 0.29) is 36.4 Å². The highest BCUT2D eigenvalue weighted by molar-refractivity contribution is 7.89. The Morgan fingerprint density at radius 1 is 1.02 bits per heavy atom. The third kappa shape index (κ3) is 8.32. The van der Waals surface area contributed by atoms with Crippen LogP contribution in [0, 0.1) is 5.41 Å². The summed E-state index contributed by atoms with van der Waals surface area (Å²) in [5.74, 6) is -2.29. The monoisotopic (exact) mass is 622 g/mol. The van der Waals surface area contributed by atoms with Gasteiger partial charge < -0.3 is 25.5 Å². The zero-order valence-electron chi connectivity index (χ0n) is 24.6. The molecule has 12 nitrogen and oxygen atoms in total. The van der Waals surface area contributed by atoms with Crippen LogP contribution in [0.2, 0.25) is 0 Å². The average Bonchev–Trinajstić information content (AvgIpc) is 3.02. The lowest BCUT2D eigenvalue weighted by molar-refractivity contribution is -0.142. The van der Waals surface area contributed by atoms with Crippen LogP contribution in [0.3, 0.4) is 0 Å². The second kappa shape index (κ2) is 14.3. The van der Waals surface area contributed by atoms with Crippen molar-refractivity contribution >= 4 is 44.5 Å². The van der Waals surface area contributed by atoms with Crippen molar-refractivity contribution in [3.05, 3.63) is 78.4 Å². The molecule has 1 fully saturated rings. The zero-order chi connectivity index (χ0) is 31.9. The molecule has 2 amide bonds. The molecule has 44 heavy (non-hydrogen) atoms. The number of sulfonamides is 1. The van der Waals surface area contributed by atoms with Gasteiger partial charge in [-0.3, -0.25) is 19.8 Å². The van der Waals surface area contributed by atoms with Crippen LogP contribution in [-0.2, 0) is 31.0 Å². The number of fused-ring (bicyclic) bond motifs is 1. The smallest absolute Gasteiger partial charge is 0.305 e. The van der Waals surface area contributed by atoms with E-state index < -0.39 is 40.3 Å². The molecule has 13 heteroatoms. The molecule has 0 unspecified atom stereocenters. The van der Waals surface area contributed by atoms with Crippen molar-refractivity contribution in [3.8, 4) is 0 Å². The van der Waals surface area contributed by atoms with Gasteiger partial charge in [0.1, 0.15) is 6.04 Å². The number of hydrogen-bond acceptors (Lipinski definition) is 6. The molecule has 3 aromatic carbocycles. The first-order chi connectivity index (χ1) is 20.9. The Morgan fingerprint density at radius 3 is 2.30 bits per heavy atom. The summed E-state index contributed by atoms with van der Waals surface area (Å²) in [5, 5.41) is 18.5. The number of rotatable bonds is 12. The maximum absolute atomic E-state index is 14.0. The lowest BCUT2D eigenvalue weighted by Crippen LogP contribution is -2.53. The molecule has 0 aliphatic carbocycles. The van der Waals surface area contributed by atoms with Crippen molar-refractivity contribution in [1.82, 2.24) is 19.4 Å². The van der Waals surface area contributed by atoms with Gasteiger partial charge in [0.2, 0.25) is 21.8 Å². The molecular weight excluding hydrogens is 584 g/mol. The Labute approximate surface area is 257 Å². The van der Waals surface area contributed by atoms with Gasteiger partial charge in [-0.25, -0.2) is 8.42 Å². The van der Waals surface area contributed by atoms with Crippen LogP contribution in [0.1, 0.15) is 31.2 Å². The zero-order valence-corrected chi connectivity index (χ0v) is 25.4. The number of aliphatic carboxylic acids is 1. The maximum Gasteiger partial charge on any atom is 0.305 e. The van der Waals surface area contributed by atoms with E-state index in [0.717, 1.165) is 10.9 Å². The number of benzene rings is 3. The first-order valence-corrected chi connectivity index (χ1v) is 15.8. The predicted octanol–water partition coefficient (Wildman–Crippen LogP) is 2.20. The summed E-state index contributed by atoms with van der Waals surface area (Å²) in [5.41, 5.74) is 6.32. The van der Waals surface area contributed by atoms with Crippen molar-refractivity contribution in [2.24, 2.45) is 5.73 Å². The molecule has 0 spiro atoms. The molecular formula is C31H38N6O6S. The van der Waals surface area contributed by atoms with Gasteiger partial charge in [0.15, 0.2) is 5.96 Å². The summed E-state index contributed by atoms with van der Waals surface area (Å²) in [6.45, 7) is 0.850. The Kier molecular flexibility index (Phi) is 10.6. The molecule has 0 bridgehead atoms. The highest BCUT2D eigenvalue weighted by Crippen LogP contribution is 2.21. The van der Waals surface area contributed by atoms with Gasteiger partial charge in [-0.1, -0.05) is 60.7 Å². The molecule has 1 heterocycles. The van der Waals surface area contributed by atoms with E-state index in [1.54, 1.807) is 54.4 Å². The number of carboxylic acids is 1. The Bertz CT molecular complexity index is 1610. The lowest BCUT2D eigenvalue weighted by atomic mass is 10.0. The van der Waals surface area contributed by atoms with E-state index in [1.807, 2.05) is 18.2 Å². The number of nitrogens with one attached hydrogen (secondary N) is 2. The van der Waals surface area contributed by atoms with Crippen LogP contribution in [0.4, 0.5) is 0 Å². The van der Waals surface area contributed by atoms with Gasteiger partial charge in [-0.15, -0.1) is 0 Å². The molecule has 5 N–H and O–H groups in total. The number of likely N-dealkylation sites (tertiary alicyclic amines) is 1. The molecule has 4 rings (SSSR count). The highest BCUT2D eigenvalue weighted by Gasteiger charge is 2.34. The molecule has 0 aromatic heterocycles. The summed E-state index contributed by atoms with van der Waals surface area (Å²) >= 11 is 0. The Balaban J connectivity index is 1.61. The van der Waals surface area contributed by atoms with Gasteiger partial charge in [0.05, 0.1) is 17.7 Å². The minimum absolute atomic E-state index is 0.0361. The molecule has 1 saturated heterocycles. The Hall–Kier alpha value is -4.49. The second-order valence-electron chi connectivity index (χ2n) is 10.9. The summed E-state index contributed by atoms with van der Waals surface area (Å²) in [6, 6.07) is 19.1. The van der Waals surface area contributed by atoms with Gasteiger partial charge in [-0.2, -0.15) is 4.72 Å². The number of amides is 2. The molecule has 1 atom stereocenters. The number of carboxylic acid groups (broad SMARTS) is 1. The van der Waals surface area contributed by atoms with Crippen LogP contribution in [0.25, 0.3) is 10.8 Å². The fourth-order valence-electron chi connectivity index (χ4n) is 5.31. The van der Waals surface area contributed by atoms with E-state index >= 15 is 0 Å². The van der Waals surface area contributed by atoms with Crippen molar-refractivity contribution in [2.45, 2.75) is 49.2 Å². The fraction of sp³-hybridized carbons (Fsp3) is 0.355.